The molecule has 0 aliphatic carbocycles. The van der Waals surface area contributed by atoms with E-state index in [0.29, 0.717) is 11.7 Å². The minimum absolute atomic E-state index is 0.0949. The molecule has 6 heteroatoms. The SMILES string of the molecule is Cc1cc(C)cc(N(C(=O)[C@H]2CCCO2)c2nc(-c3ccc(F)cc3)cs2)c1. The number of thiazole rings is 1. The van der Waals surface area contributed by atoms with Gasteiger partial charge in [-0.3, -0.25) is 9.69 Å². The zero-order valence-corrected chi connectivity index (χ0v) is 16.6. The van der Waals surface area contributed by atoms with Gasteiger partial charge in [-0.2, -0.15) is 0 Å². The summed E-state index contributed by atoms with van der Waals surface area (Å²) >= 11 is 1.40. The Labute approximate surface area is 167 Å². The highest BCUT2D eigenvalue weighted by Gasteiger charge is 2.32. The smallest absolute Gasteiger partial charge is 0.262 e. The number of carbonyl (C=O) groups excluding carboxylic acids is 1. The Balaban J connectivity index is 1.75. The lowest BCUT2D eigenvalue weighted by Gasteiger charge is -2.23. The average molecular weight is 396 g/mol. The first-order chi connectivity index (χ1) is 13.5. The maximum Gasteiger partial charge on any atom is 0.262 e. The molecule has 4 nitrogen and oxygen atoms in total. The summed E-state index contributed by atoms with van der Waals surface area (Å²) in [5.41, 5.74) is 4.48. The van der Waals surface area contributed by atoms with E-state index >= 15 is 0 Å². The third-order valence-corrected chi connectivity index (χ3v) is 5.54. The van der Waals surface area contributed by atoms with Crippen LogP contribution in [0.3, 0.4) is 0 Å². The van der Waals surface area contributed by atoms with Crippen molar-refractivity contribution in [2.45, 2.75) is 32.8 Å². The van der Waals surface area contributed by atoms with Crippen LogP contribution in [0.1, 0.15) is 24.0 Å². The zero-order chi connectivity index (χ0) is 19.7. The summed E-state index contributed by atoms with van der Waals surface area (Å²) in [6.07, 6.45) is 1.16. The number of rotatable bonds is 4. The molecule has 1 aliphatic heterocycles. The normalized spacial score (nSPS) is 16.3. The van der Waals surface area contributed by atoms with Crippen LogP contribution in [0.5, 0.6) is 0 Å². The fourth-order valence-electron chi connectivity index (χ4n) is 3.45. The predicted molar refractivity (Wildman–Crippen MR) is 110 cm³/mol. The molecule has 0 spiro atoms. The minimum Gasteiger partial charge on any atom is -0.368 e. The van der Waals surface area contributed by atoms with Gasteiger partial charge < -0.3 is 4.74 Å². The highest BCUT2D eigenvalue weighted by molar-refractivity contribution is 7.14. The van der Waals surface area contributed by atoms with E-state index in [1.54, 1.807) is 17.0 Å². The fraction of sp³-hybridized carbons (Fsp3) is 0.273. The number of carbonyl (C=O) groups is 1. The van der Waals surface area contributed by atoms with Crippen molar-refractivity contribution in [3.8, 4) is 11.3 Å². The van der Waals surface area contributed by atoms with E-state index < -0.39 is 6.10 Å². The van der Waals surface area contributed by atoms with Gasteiger partial charge in [-0.15, -0.1) is 11.3 Å². The Morgan fingerprint density at radius 3 is 2.54 bits per heavy atom. The lowest BCUT2D eigenvalue weighted by atomic mass is 10.1. The molecule has 1 saturated heterocycles. The van der Waals surface area contributed by atoms with Crippen molar-refractivity contribution in [2.75, 3.05) is 11.5 Å². The summed E-state index contributed by atoms with van der Waals surface area (Å²) in [4.78, 5) is 19.6. The maximum atomic E-state index is 13.3. The number of hydrogen-bond acceptors (Lipinski definition) is 4. The van der Waals surface area contributed by atoms with E-state index in [0.717, 1.165) is 40.9 Å². The molecule has 1 fully saturated rings. The second kappa shape index (κ2) is 7.81. The van der Waals surface area contributed by atoms with E-state index in [4.69, 9.17) is 4.74 Å². The lowest BCUT2D eigenvalue weighted by molar-refractivity contribution is -0.126. The molecular formula is C22H21FN2O2S. The molecule has 0 bridgehead atoms. The molecule has 2 heterocycles. The average Bonchev–Trinajstić information content (AvgIpc) is 3.34. The largest absolute Gasteiger partial charge is 0.368 e. The third kappa shape index (κ3) is 3.84. The number of nitrogens with zero attached hydrogens (tertiary/aromatic N) is 2. The summed E-state index contributed by atoms with van der Waals surface area (Å²) < 4.78 is 18.9. The van der Waals surface area contributed by atoms with Crippen LogP contribution in [-0.2, 0) is 9.53 Å². The van der Waals surface area contributed by atoms with Crippen LogP contribution in [0.15, 0.2) is 47.8 Å². The van der Waals surface area contributed by atoms with E-state index in [9.17, 15) is 9.18 Å². The second-order valence-electron chi connectivity index (χ2n) is 7.04. The van der Waals surface area contributed by atoms with Crippen molar-refractivity contribution in [3.05, 3.63) is 64.8 Å². The molecule has 0 unspecified atom stereocenters. The molecule has 28 heavy (non-hydrogen) atoms. The molecule has 1 amide bonds. The standard InChI is InChI=1S/C22H21FN2O2S/c1-14-10-15(2)12-18(11-14)25(21(26)20-4-3-9-27-20)22-24-19(13-28-22)16-5-7-17(23)8-6-16/h5-8,10-13,20H,3-4,9H2,1-2H3/t20-/m1/s1. The Morgan fingerprint density at radius 2 is 1.89 bits per heavy atom. The van der Waals surface area contributed by atoms with Gasteiger partial charge in [0.2, 0.25) is 0 Å². The van der Waals surface area contributed by atoms with Gasteiger partial charge in [-0.05, 0) is 74.2 Å². The Bertz CT molecular complexity index is 974. The van der Waals surface area contributed by atoms with Gasteiger partial charge in [0.25, 0.3) is 5.91 Å². The summed E-state index contributed by atoms with van der Waals surface area (Å²) in [5, 5.41) is 2.48. The van der Waals surface area contributed by atoms with Gasteiger partial charge in [0.1, 0.15) is 11.9 Å². The minimum atomic E-state index is -0.445. The molecule has 3 aromatic rings. The van der Waals surface area contributed by atoms with Crippen LogP contribution in [0.25, 0.3) is 11.3 Å². The molecule has 1 aliphatic rings. The highest BCUT2D eigenvalue weighted by atomic mass is 32.1. The van der Waals surface area contributed by atoms with Crippen LogP contribution < -0.4 is 4.90 Å². The highest BCUT2D eigenvalue weighted by Crippen LogP contribution is 2.35. The molecule has 1 atom stereocenters. The van der Waals surface area contributed by atoms with Crippen molar-refractivity contribution in [3.63, 3.8) is 0 Å². The molecular weight excluding hydrogens is 375 g/mol. The van der Waals surface area contributed by atoms with Gasteiger partial charge in [-0.1, -0.05) is 6.07 Å². The lowest BCUT2D eigenvalue weighted by Crippen LogP contribution is -2.35. The zero-order valence-electron chi connectivity index (χ0n) is 15.8. The molecule has 0 radical (unpaired) electrons. The van der Waals surface area contributed by atoms with E-state index in [-0.39, 0.29) is 11.7 Å². The molecule has 1 aromatic heterocycles. The molecule has 2 aromatic carbocycles. The summed E-state index contributed by atoms with van der Waals surface area (Å²) in [7, 11) is 0. The van der Waals surface area contributed by atoms with Gasteiger partial charge in [0, 0.05) is 17.6 Å². The number of aryl methyl sites for hydroxylation is 2. The van der Waals surface area contributed by atoms with E-state index in [1.165, 1.54) is 23.5 Å². The number of halogens is 1. The fourth-order valence-corrected chi connectivity index (χ4v) is 4.31. The van der Waals surface area contributed by atoms with Crippen molar-refractivity contribution in [2.24, 2.45) is 0 Å². The summed E-state index contributed by atoms with van der Waals surface area (Å²) in [6.45, 7) is 4.63. The number of hydrogen-bond donors (Lipinski definition) is 0. The first-order valence-electron chi connectivity index (χ1n) is 9.26. The predicted octanol–water partition coefficient (Wildman–Crippen LogP) is 5.41. The van der Waals surface area contributed by atoms with Gasteiger partial charge in [0.05, 0.1) is 11.4 Å². The maximum absolute atomic E-state index is 13.3. The number of anilines is 2. The summed E-state index contributed by atoms with van der Waals surface area (Å²) in [6, 6.07) is 12.2. The van der Waals surface area contributed by atoms with Crippen molar-refractivity contribution < 1.29 is 13.9 Å². The number of amides is 1. The summed E-state index contributed by atoms with van der Waals surface area (Å²) in [5.74, 6) is -0.382. The van der Waals surface area contributed by atoms with Crippen molar-refractivity contribution in [1.29, 1.82) is 0 Å². The second-order valence-corrected chi connectivity index (χ2v) is 7.88. The number of ether oxygens (including phenoxy) is 1. The Kier molecular flexibility index (Phi) is 5.24. The van der Waals surface area contributed by atoms with E-state index in [2.05, 4.69) is 11.1 Å². The van der Waals surface area contributed by atoms with Crippen LogP contribution in [0.2, 0.25) is 0 Å². The van der Waals surface area contributed by atoms with Crippen molar-refractivity contribution >= 4 is 28.1 Å². The first kappa shape index (κ1) is 18.8. The molecule has 0 saturated carbocycles. The number of benzene rings is 2. The van der Waals surface area contributed by atoms with Gasteiger partial charge in [0.15, 0.2) is 5.13 Å². The third-order valence-electron chi connectivity index (χ3n) is 4.71. The Hall–Kier alpha value is -2.57. The van der Waals surface area contributed by atoms with Crippen LogP contribution in [0.4, 0.5) is 15.2 Å². The number of aromatic nitrogens is 1. The molecule has 4 rings (SSSR count). The monoisotopic (exact) mass is 396 g/mol. The molecule has 0 N–H and O–H groups in total. The van der Waals surface area contributed by atoms with Crippen LogP contribution in [-0.4, -0.2) is 23.6 Å². The van der Waals surface area contributed by atoms with E-state index in [1.807, 2.05) is 31.4 Å². The van der Waals surface area contributed by atoms with Crippen LogP contribution >= 0.6 is 11.3 Å². The Morgan fingerprint density at radius 1 is 1.18 bits per heavy atom. The topological polar surface area (TPSA) is 42.4 Å². The quantitative estimate of drug-likeness (QED) is 0.592. The van der Waals surface area contributed by atoms with Crippen molar-refractivity contribution in [1.82, 2.24) is 4.98 Å². The van der Waals surface area contributed by atoms with Crippen LogP contribution in [0, 0.1) is 19.7 Å². The van der Waals surface area contributed by atoms with Gasteiger partial charge >= 0.3 is 0 Å². The van der Waals surface area contributed by atoms with Gasteiger partial charge in [-0.25, -0.2) is 9.37 Å². The first-order valence-corrected chi connectivity index (χ1v) is 10.1. The molecule has 144 valence electrons.